The maximum atomic E-state index is 12.2. The van der Waals surface area contributed by atoms with E-state index in [1.165, 1.54) is 0 Å². The number of anilines is 1. The predicted molar refractivity (Wildman–Crippen MR) is 71.1 cm³/mol. The second-order valence-electron chi connectivity index (χ2n) is 4.54. The summed E-state index contributed by atoms with van der Waals surface area (Å²) in [5, 5.41) is 2.99. The van der Waals surface area contributed by atoms with Crippen LogP contribution in [0.15, 0.2) is 22.7 Å². The van der Waals surface area contributed by atoms with Gasteiger partial charge in [0.1, 0.15) is 0 Å². The molecule has 0 saturated carbocycles. The number of nitrogens with one attached hydrogen (secondary N) is 1. The zero-order chi connectivity index (χ0) is 12.5. The minimum Gasteiger partial charge on any atom is -0.379 e. The maximum Gasteiger partial charge on any atom is 0.235 e. The summed E-state index contributed by atoms with van der Waals surface area (Å²) in [6, 6.07) is 5.84. The van der Waals surface area contributed by atoms with Crippen LogP contribution in [0.1, 0.15) is 18.9 Å². The van der Waals surface area contributed by atoms with Crippen molar-refractivity contribution in [2.75, 3.05) is 18.5 Å². The molecule has 0 radical (unpaired) electrons. The molecule has 1 aliphatic rings. The smallest absolute Gasteiger partial charge is 0.235 e. The first-order valence-corrected chi connectivity index (χ1v) is 6.52. The monoisotopic (exact) mass is 297 g/mol. The molecule has 0 bridgehead atoms. The van der Waals surface area contributed by atoms with Crippen molar-refractivity contribution >= 4 is 27.5 Å². The van der Waals surface area contributed by atoms with Gasteiger partial charge in [-0.2, -0.15) is 0 Å². The lowest BCUT2D eigenvalue weighted by molar-refractivity contribution is -0.156. The van der Waals surface area contributed by atoms with E-state index >= 15 is 0 Å². The van der Waals surface area contributed by atoms with Crippen molar-refractivity contribution < 1.29 is 9.53 Å². The number of carbonyl (C=O) groups excluding carboxylic acids is 1. The number of hydrogen-bond donors (Lipinski definition) is 1. The van der Waals surface area contributed by atoms with E-state index in [1.54, 1.807) is 0 Å². The normalized spacial score (nSPS) is 17.4. The van der Waals surface area contributed by atoms with Gasteiger partial charge in [0.15, 0.2) is 0 Å². The van der Waals surface area contributed by atoms with Crippen molar-refractivity contribution in [3.63, 3.8) is 0 Å². The van der Waals surface area contributed by atoms with Crippen molar-refractivity contribution in [1.29, 1.82) is 0 Å². The largest absolute Gasteiger partial charge is 0.379 e. The summed E-state index contributed by atoms with van der Waals surface area (Å²) in [5.41, 5.74) is 1.61. The summed E-state index contributed by atoms with van der Waals surface area (Å²) < 4.78 is 6.19. The average molecular weight is 298 g/mol. The van der Waals surface area contributed by atoms with Crippen molar-refractivity contribution in [1.82, 2.24) is 0 Å². The minimum absolute atomic E-state index is 0.0664. The fraction of sp³-hybridized carbons (Fsp3) is 0.462. The van der Waals surface area contributed by atoms with Gasteiger partial charge in [0.25, 0.3) is 0 Å². The molecule has 0 atom stereocenters. The SMILES string of the molecule is CCC1(C(=O)Nc2ccc(Br)cc2C)COC1. The molecule has 1 saturated heterocycles. The fourth-order valence-electron chi connectivity index (χ4n) is 1.87. The van der Waals surface area contributed by atoms with Crippen LogP contribution in [0.25, 0.3) is 0 Å². The number of benzene rings is 1. The van der Waals surface area contributed by atoms with Crippen LogP contribution in [0.2, 0.25) is 0 Å². The molecule has 1 aromatic rings. The van der Waals surface area contributed by atoms with Crippen molar-refractivity contribution in [2.24, 2.45) is 5.41 Å². The van der Waals surface area contributed by atoms with Crippen LogP contribution >= 0.6 is 15.9 Å². The van der Waals surface area contributed by atoms with E-state index in [1.807, 2.05) is 32.0 Å². The molecule has 92 valence electrons. The molecular formula is C13H16BrNO2. The van der Waals surface area contributed by atoms with E-state index in [4.69, 9.17) is 4.74 Å². The highest BCUT2D eigenvalue weighted by atomic mass is 79.9. The third-order valence-corrected chi connectivity index (χ3v) is 3.85. The Morgan fingerprint density at radius 3 is 2.71 bits per heavy atom. The molecule has 2 rings (SSSR count). The third kappa shape index (κ3) is 2.38. The van der Waals surface area contributed by atoms with Crippen molar-refractivity contribution in [3.05, 3.63) is 28.2 Å². The van der Waals surface area contributed by atoms with Crippen LogP contribution in [0.3, 0.4) is 0 Å². The summed E-state index contributed by atoms with van der Waals surface area (Å²) in [6.07, 6.45) is 0.814. The summed E-state index contributed by atoms with van der Waals surface area (Å²) >= 11 is 3.41. The van der Waals surface area contributed by atoms with Crippen LogP contribution in [-0.4, -0.2) is 19.1 Å². The molecule has 0 spiro atoms. The second-order valence-corrected chi connectivity index (χ2v) is 5.46. The first-order valence-electron chi connectivity index (χ1n) is 5.73. The summed E-state index contributed by atoms with van der Waals surface area (Å²) in [7, 11) is 0. The zero-order valence-electron chi connectivity index (χ0n) is 10.0. The third-order valence-electron chi connectivity index (χ3n) is 3.35. The van der Waals surface area contributed by atoms with Crippen LogP contribution in [0.5, 0.6) is 0 Å². The lowest BCUT2D eigenvalue weighted by Gasteiger charge is -2.39. The predicted octanol–water partition coefficient (Wildman–Crippen LogP) is 3.12. The van der Waals surface area contributed by atoms with Gasteiger partial charge in [0, 0.05) is 10.2 Å². The highest BCUT2D eigenvalue weighted by molar-refractivity contribution is 9.10. The molecule has 1 heterocycles. The van der Waals surface area contributed by atoms with E-state index < -0.39 is 0 Å². The van der Waals surface area contributed by atoms with E-state index in [0.29, 0.717) is 13.2 Å². The summed E-state index contributed by atoms with van der Waals surface area (Å²) in [5.74, 6) is 0.0664. The van der Waals surface area contributed by atoms with Crippen LogP contribution < -0.4 is 5.32 Å². The lowest BCUT2D eigenvalue weighted by atomic mass is 9.82. The molecule has 1 amide bonds. The van der Waals surface area contributed by atoms with Gasteiger partial charge in [0.2, 0.25) is 5.91 Å². The number of ether oxygens (including phenoxy) is 1. The Kier molecular flexibility index (Phi) is 3.54. The molecule has 0 aromatic heterocycles. The molecular weight excluding hydrogens is 282 g/mol. The highest BCUT2D eigenvalue weighted by Gasteiger charge is 2.44. The minimum atomic E-state index is -0.320. The Labute approximate surface area is 110 Å². The van der Waals surface area contributed by atoms with Gasteiger partial charge < -0.3 is 10.1 Å². The lowest BCUT2D eigenvalue weighted by Crippen LogP contribution is -2.51. The highest BCUT2D eigenvalue weighted by Crippen LogP contribution is 2.33. The molecule has 1 aliphatic heterocycles. The number of hydrogen-bond acceptors (Lipinski definition) is 2. The van der Waals surface area contributed by atoms with Gasteiger partial charge in [-0.1, -0.05) is 22.9 Å². The topological polar surface area (TPSA) is 38.3 Å². The van der Waals surface area contributed by atoms with Crippen LogP contribution in [-0.2, 0) is 9.53 Å². The zero-order valence-corrected chi connectivity index (χ0v) is 11.6. The molecule has 0 unspecified atom stereocenters. The number of rotatable bonds is 3. The van der Waals surface area contributed by atoms with E-state index in [9.17, 15) is 4.79 Å². The molecule has 17 heavy (non-hydrogen) atoms. The van der Waals surface area contributed by atoms with Crippen LogP contribution in [0, 0.1) is 12.3 Å². The van der Waals surface area contributed by atoms with E-state index in [-0.39, 0.29) is 11.3 Å². The molecule has 3 nitrogen and oxygen atoms in total. The van der Waals surface area contributed by atoms with E-state index in [2.05, 4.69) is 21.2 Å². The van der Waals surface area contributed by atoms with Crippen LogP contribution in [0.4, 0.5) is 5.69 Å². The Morgan fingerprint density at radius 1 is 1.53 bits per heavy atom. The first-order chi connectivity index (χ1) is 8.07. The maximum absolute atomic E-state index is 12.2. The van der Waals surface area contributed by atoms with Crippen molar-refractivity contribution in [2.45, 2.75) is 20.3 Å². The average Bonchev–Trinajstić information content (AvgIpc) is 2.21. The van der Waals surface area contributed by atoms with Gasteiger partial charge >= 0.3 is 0 Å². The van der Waals surface area contributed by atoms with Gasteiger partial charge in [-0.3, -0.25) is 4.79 Å². The number of aryl methyl sites for hydroxylation is 1. The van der Waals surface area contributed by atoms with Gasteiger partial charge in [-0.15, -0.1) is 0 Å². The number of carbonyl (C=O) groups is 1. The Balaban J connectivity index is 2.13. The molecule has 4 heteroatoms. The number of halogens is 1. The van der Waals surface area contributed by atoms with Gasteiger partial charge in [0.05, 0.1) is 18.6 Å². The van der Waals surface area contributed by atoms with Gasteiger partial charge in [-0.05, 0) is 37.1 Å². The standard InChI is InChI=1S/C13H16BrNO2/c1-3-13(7-17-8-13)12(16)15-11-5-4-10(14)6-9(11)2/h4-6H,3,7-8H2,1-2H3,(H,15,16). The fourth-order valence-corrected chi connectivity index (χ4v) is 2.34. The quantitative estimate of drug-likeness (QED) is 0.931. The molecule has 0 aliphatic carbocycles. The van der Waals surface area contributed by atoms with Gasteiger partial charge in [-0.25, -0.2) is 0 Å². The summed E-state index contributed by atoms with van der Waals surface area (Å²) in [6.45, 7) is 5.07. The number of amides is 1. The summed E-state index contributed by atoms with van der Waals surface area (Å²) in [4.78, 5) is 12.2. The molecule has 1 fully saturated rings. The first kappa shape index (κ1) is 12.6. The second kappa shape index (κ2) is 4.78. The Bertz CT molecular complexity index is 436. The Hall–Kier alpha value is -0.870. The van der Waals surface area contributed by atoms with E-state index in [0.717, 1.165) is 22.1 Å². The molecule has 1 aromatic carbocycles. The van der Waals surface area contributed by atoms with Crippen molar-refractivity contribution in [3.8, 4) is 0 Å². The molecule has 1 N–H and O–H groups in total. The Morgan fingerprint density at radius 2 is 2.24 bits per heavy atom.